The van der Waals surface area contributed by atoms with Gasteiger partial charge in [-0.05, 0) is 33.4 Å². The summed E-state index contributed by atoms with van der Waals surface area (Å²) in [6, 6.07) is 0. The van der Waals surface area contributed by atoms with Gasteiger partial charge in [0.25, 0.3) is 0 Å². The Kier molecular flexibility index (Phi) is 7.15. The van der Waals surface area contributed by atoms with Crippen molar-refractivity contribution in [2.24, 2.45) is 5.92 Å². The zero-order chi connectivity index (χ0) is 13.4. The van der Waals surface area contributed by atoms with Crippen LogP contribution in [0.5, 0.6) is 0 Å². The molecule has 4 heteroatoms. The minimum Gasteiger partial charge on any atom is -0.381 e. The van der Waals surface area contributed by atoms with Crippen LogP contribution >= 0.6 is 0 Å². The molecule has 4 nitrogen and oxygen atoms in total. The Morgan fingerprint density at radius 2 is 1.78 bits per heavy atom. The van der Waals surface area contributed by atoms with Crippen LogP contribution < -0.4 is 0 Å². The van der Waals surface area contributed by atoms with Gasteiger partial charge in [0.15, 0.2) is 5.79 Å². The van der Waals surface area contributed by atoms with Gasteiger partial charge in [-0.15, -0.1) is 0 Å². The van der Waals surface area contributed by atoms with Crippen molar-refractivity contribution >= 4 is 0 Å². The summed E-state index contributed by atoms with van der Waals surface area (Å²) in [6.07, 6.45) is 1.10. The van der Waals surface area contributed by atoms with Gasteiger partial charge in [0.05, 0.1) is 19.8 Å². The number of ether oxygens (including phenoxy) is 3. The highest BCUT2D eigenvalue weighted by Gasteiger charge is 2.28. The van der Waals surface area contributed by atoms with Crippen molar-refractivity contribution in [3.8, 4) is 0 Å². The van der Waals surface area contributed by atoms with Gasteiger partial charge in [-0.25, -0.2) is 0 Å². The van der Waals surface area contributed by atoms with E-state index in [-0.39, 0.29) is 0 Å². The first-order chi connectivity index (χ1) is 8.57. The lowest BCUT2D eigenvalue weighted by Crippen LogP contribution is -2.40. The Balaban J connectivity index is 1.99. The molecule has 1 rings (SSSR count). The van der Waals surface area contributed by atoms with Crippen molar-refractivity contribution in [1.82, 2.24) is 4.90 Å². The molecule has 108 valence electrons. The van der Waals surface area contributed by atoms with Crippen LogP contribution in [0.25, 0.3) is 0 Å². The highest BCUT2D eigenvalue weighted by atomic mass is 16.7. The van der Waals surface area contributed by atoms with Gasteiger partial charge in [-0.3, -0.25) is 0 Å². The second-order valence-corrected chi connectivity index (χ2v) is 5.34. The third kappa shape index (κ3) is 6.14. The van der Waals surface area contributed by atoms with E-state index < -0.39 is 5.79 Å². The summed E-state index contributed by atoms with van der Waals surface area (Å²) in [5.41, 5.74) is 0. The predicted octanol–water partition coefficient (Wildman–Crippen LogP) is 2.13. The van der Waals surface area contributed by atoms with Crippen LogP contribution in [0.15, 0.2) is 0 Å². The van der Waals surface area contributed by atoms with Gasteiger partial charge < -0.3 is 19.1 Å². The van der Waals surface area contributed by atoms with Gasteiger partial charge in [0, 0.05) is 19.1 Å². The number of nitrogens with zero attached hydrogens (tertiary/aromatic N) is 1. The third-order valence-electron chi connectivity index (χ3n) is 3.34. The highest BCUT2D eigenvalue weighted by Crippen LogP contribution is 2.20. The molecule has 0 radical (unpaired) electrons. The van der Waals surface area contributed by atoms with Crippen molar-refractivity contribution in [1.29, 1.82) is 0 Å². The van der Waals surface area contributed by atoms with Gasteiger partial charge in [0.1, 0.15) is 0 Å². The molecule has 0 N–H and O–H groups in total. The van der Waals surface area contributed by atoms with Crippen molar-refractivity contribution in [3.05, 3.63) is 0 Å². The second kappa shape index (κ2) is 8.10. The molecule has 0 aromatic rings. The van der Waals surface area contributed by atoms with E-state index in [1.165, 1.54) is 0 Å². The van der Waals surface area contributed by atoms with Gasteiger partial charge in [0.2, 0.25) is 0 Å². The fraction of sp³-hybridized carbons (Fsp3) is 1.00. The molecule has 0 amide bonds. The molecule has 0 spiro atoms. The molecule has 0 unspecified atom stereocenters. The van der Waals surface area contributed by atoms with E-state index in [2.05, 4.69) is 18.7 Å². The van der Waals surface area contributed by atoms with Crippen LogP contribution in [0.1, 0.15) is 34.1 Å². The summed E-state index contributed by atoms with van der Waals surface area (Å²) in [4.78, 5) is 2.42. The van der Waals surface area contributed by atoms with Gasteiger partial charge in [-0.1, -0.05) is 13.8 Å². The van der Waals surface area contributed by atoms with Crippen LogP contribution in [0.2, 0.25) is 0 Å². The van der Waals surface area contributed by atoms with Gasteiger partial charge in [-0.2, -0.15) is 0 Å². The molecule has 18 heavy (non-hydrogen) atoms. The van der Waals surface area contributed by atoms with Crippen LogP contribution in [-0.4, -0.2) is 56.7 Å². The Morgan fingerprint density at radius 3 is 2.33 bits per heavy atom. The topological polar surface area (TPSA) is 30.9 Å². The molecule has 1 saturated heterocycles. The highest BCUT2D eigenvalue weighted by molar-refractivity contribution is 4.67. The second-order valence-electron chi connectivity index (χ2n) is 5.34. The maximum Gasteiger partial charge on any atom is 0.162 e. The normalized spacial score (nSPS) is 20.5. The van der Waals surface area contributed by atoms with Crippen LogP contribution in [0.3, 0.4) is 0 Å². The Hall–Kier alpha value is -0.160. The van der Waals surface area contributed by atoms with E-state index >= 15 is 0 Å². The van der Waals surface area contributed by atoms with E-state index in [1.54, 1.807) is 0 Å². The maximum absolute atomic E-state index is 5.69. The van der Waals surface area contributed by atoms with Crippen molar-refractivity contribution < 1.29 is 14.2 Å². The molecular weight excluding hydrogens is 230 g/mol. The van der Waals surface area contributed by atoms with Crippen LogP contribution in [0, 0.1) is 5.92 Å². The summed E-state index contributed by atoms with van der Waals surface area (Å²) < 4.78 is 16.9. The molecule has 0 aromatic heterocycles. The van der Waals surface area contributed by atoms with Crippen molar-refractivity contribution in [2.75, 3.05) is 46.1 Å². The number of hydrogen-bond acceptors (Lipinski definition) is 4. The molecule has 1 heterocycles. The number of hydrogen-bond donors (Lipinski definition) is 0. The quantitative estimate of drug-likeness (QED) is 0.625. The summed E-state index contributed by atoms with van der Waals surface area (Å²) in [7, 11) is 0. The van der Waals surface area contributed by atoms with E-state index in [0.29, 0.717) is 5.92 Å². The van der Waals surface area contributed by atoms with Gasteiger partial charge >= 0.3 is 0 Å². The average Bonchev–Trinajstić information content (AvgIpc) is 2.35. The fourth-order valence-corrected chi connectivity index (χ4v) is 2.00. The summed E-state index contributed by atoms with van der Waals surface area (Å²) in [5, 5.41) is 0. The average molecular weight is 259 g/mol. The SMILES string of the molecule is CCN(CC)CCCOCC1COC(C)(C)OC1. The first-order valence-electron chi connectivity index (χ1n) is 7.15. The fourth-order valence-electron chi connectivity index (χ4n) is 2.00. The molecule has 1 fully saturated rings. The lowest BCUT2D eigenvalue weighted by Gasteiger charge is -2.34. The minimum absolute atomic E-state index is 0.381. The van der Waals surface area contributed by atoms with E-state index in [9.17, 15) is 0 Å². The maximum atomic E-state index is 5.69. The molecular formula is C14H29NO3. The molecule has 1 aliphatic rings. The lowest BCUT2D eigenvalue weighted by molar-refractivity contribution is -0.266. The van der Waals surface area contributed by atoms with E-state index in [4.69, 9.17) is 14.2 Å². The van der Waals surface area contributed by atoms with E-state index in [1.807, 2.05) is 13.8 Å². The smallest absolute Gasteiger partial charge is 0.162 e. The summed E-state index contributed by atoms with van der Waals surface area (Å²) >= 11 is 0. The first-order valence-corrected chi connectivity index (χ1v) is 7.15. The Bertz CT molecular complexity index is 207. The third-order valence-corrected chi connectivity index (χ3v) is 3.34. The van der Waals surface area contributed by atoms with E-state index in [0.717, 1.165) is 52.5 Å². The molecule has 0 aliphatic carbocycles. The standard InChI is InChI=1S/C14H29NO3/c1-5-15(6-2)8-7-9-16-10-13-11-17-14(3,4)18-12-13/h13H,5-12H2,1-4H3. The largest absolute Gasteiger partial charge is 0.381 e. The Labute approximate surface area is 112 Å². The number of rotatable bonds is 8. The predicted molar refractivity (Wildman–Crippen MR) is 72.7 cm³/mol. The summed E-state index contributed by atoms with van der Waals surface area (Å²) in [6.45, 7) is 14.7. The Morgan fingerprint density at radius 1 is 1.17 bits per heavy atom. The van der Waals surface area contributed by atoms with Crippen molar-refractivity contribution in [2.45, 2.75) is 39.9 Å². The lowest BCUT2D eigenvalue weighted by atomic mass is 10.1. The van der Waals surface area contributed by atoms with Crippen molar-refractivity contribution in [3.63, 3.8) is 0 Å². The molecule has 0 atom stereocenters. The zero-order valence-electron chi connectivity index (χ0n) is 12.4. The zero-order valence-corrected chi connectivity index (χ0v) is 12.4. The molecule has 0 aromatic carbocycles. The summed E-state index contributed by atoms with van der Waals surface area (Å²) in [5.74, 6) is -0.0364. The minimum atomic E-state index is -0.417. The molecule has 0 bridgehead atoms. The van der Waals surface area contributed by atoms with Crippen LogP contribution in [0.4, 0.5) is 0 Å². The molecule has 0 saturated carbocycles. The monoisotopic (exact) mass is 259 g/mol. The van der Waals surface area contributed by atoms with Crippen LogP contribution in [-0.2, 0) is 14.2 Å². The molecule has 1 aliphatic heterocycles. The first kappa shape index (κ1) is 15.9.